The molecule has 0 spiro atoms. The number of para-hydroxylation sites is 1. The summed E-state index contributed by atoms with van der Waals surface area (Å²) in [6.45, 7) is 7.50. The number of hydrogen-bond acceptors (Lipinski definition) is 3. The molecular weight excluding hydrogens is 302 g/mol. The van der Waals surface area contributed by atoms with E-state index in [1.54, 1.807) is 0 Å². The van der Waals surface area contributed by atoms with Crippen LogP contribution in [0.4, 0.5) is 5.69 Å². The average Bonchev–Trinajstić information content (AvgIpc) is 2.53. The molecule has 0 fully saturated rings. The van der Waals surface area contributed by atoms with E-state index in [0.717, 1.165) is 28.1 Å². The topological polar surface area (TPSA) is 47.6 Å². The zero-order chi connectivity index (χ0) is 17.4. The molecule has 4 nitrogen and oxygen atoms in total. The van der Waals surface area contributed by atoms with Gasteiger partial charge in [-0.05, 0) is 50.1 Å². The van der Waals surface area contributed by atoms with Crippen LogP contribution in [0.1, 0.15) is 30.0 Å². The lowest BCUT2D eigenvalue weighted by Gasteiger charge is -2.12. The van der Waals surface area contributed by atoms with Crippen molar-refractivity contribution in [3.05, 3.63) is 59.2 Å². The number of aryl methyl sites for hydroxylation is 2. The first-order valence-corrected chi connectivity index (χ1v) is 8.25. The molecule has 0 bridgehead atoms. The molecule has 0 aromatic heterocycles. The number of amides is 1. The minimum Gasteiger partial charge on any atom is -0.493 e. The molecule has 0 unspecified atom stereocenters. The highest BCUT2D eigenvalue weighted by Gasteiger charge is 2.07. The van der Waals surface area contributed by atoms with Crippen molar-refractivity contribution in [2.24, 2.45) is 0 Å². The minimum atomic E-state index is -0.0664. The maximum atomic E-state index is 12.1. The summed E-state index contributed by atoms with van der Waals surface area (Å²) in [5.41, 5.74) is 4.07. The highest BCUT2D eigenvalue weighted by atomic mass is 16.5. The van der Waals surface area contributed by atoms with Gasteiger partial charge in [0.15, 0.2) is 0 Å². The van der Waals surface area contributed by atoms with Crippen LogP contribution in [0.15, 0.2) is 42.5 Å². The number of nitrogens with one attached hydrogen (secondary N) is 1. The normalized spacial score (nSPS) is 10.5. The number of ether oxygens (including phenoxy) is 2. The molecule has 2 aromatic carbocycles. The standard InChI is InChI=1S/C20H25NO3/c1-4-23-14-17-7-5-6-8-19(17)21-20(22)9-10-24-18-12-15(2)11-16(3)13-18/h5-8,11-13H,4,9-10,14H2,1-3H3,(H,21,22). The van der Waals surface area contributed by atoms with Gasteiger partial charge in [-0.3, -0.25) is 4.79 Å². The largest absolute Gasteiger partial charge is 0.493 e. The van der Waals surface area contributed by atoms with Crippen molar-refractivity contribution in [3.8, 4) is 5.75 Å². The van der Waals surface area contributed by atoms with E-state index in [1.807, 2.05) is 57.2 Å². The molecular formula is C20H25NO3. The summed E-state index contributed by atoms with van der Waals surface area (Å²) >= 11 is 0. The molecule has 1 N–H and O–H groups in total. The van der Waals surface area contributed by atoms with Crippen molar-refractivity contribution in [3.63, 3.8) is 0 Å². The SMILES string of the molecule is CCOCc1ccccc1NC(=O)CCOc1cc(C)cc(C)c1. The molecule has 1 amide bonds. The van der Waals surface area contributed by atoms with Gasteiger partial charge >= 0.3 is 0 Å². The number of benzene rings is 2. The third-order valence-electron chi connectivity index (χ3n) is 3.55. The number of carbonyl (C=O) groups is 1. The average molecular weight is 327 g/mol. The van der Waals surface area contributed by atoms with E-state index in [9.17, 15) is 4.79 Å². The smallest absolute Gasteiger partial charge is 0.227 e. The molecule has 0 heterocycles. The van der Waals surface area contributed by atoms with Crippen molar-refractivity contribution < 1.29 is 14.3 Å². The van der Waals surface area contributed by atoms with Crippen molar-refractivity contribution in [1.82, 2.24) is 0 Å². The van der Waals surface area contributed by atoms with E-state index in [4.69, 9.17) is 9.47 Å². The number of anilines is 1. The van der Waals surface area contributed by atoms with Crippen molar-refractivity contribution >= 4 is 11.6 Å². The van der Waals surface area contributed by atoms with E-state index < -0.39 is 0 Å². The van der Waals surface area contributed by atoms with Gasteiger partial charge in [0.05, 0.1) is 19.6 Å². The van der Waals surface area contributed by atoms with Gasteiger partial charge in [-0.1, -0.05) is 24.3 Å². The monoisotopic (exact) mass is 327 g/mol. The minimum absolute atomic E-state index is 0.0664. The Hall–Kier alpha value is -2.33. The van der Waals surface area contributed by atoms with Crippen LogP contribution in [0, 0.1) is 13.8 Å². The fraction of sp³-hybridized carbons (Fsp3) is 0.350. The second-order valence-corrected chi connectivity index (χ2v) is 5.76. The fourth-order valence-corrected chi connectivity index (χ4v) is 2.47. The van der Waals surface area contributed by atoms with Gasteiger partial charge in [0.2, 0.25) is 5.91 Å². The van der Waals surface area contributed by atoms with Crippen LogP contribution in [0.3, 0.4) is 0 Å². The summed E-state index contributed by atoms with van der Waals surface area (Å²) in [6, 6.07) is 13.7. The molecule has 0 aliphatic heterocycles. The number of rotatable bonds is 8. The second kappa shape index (κ2) is 9.08. The first-order chi connectivity index (χ1) is 11.6. The Kier molecular flexibility index (Phi) is 6.82. The Morgan fingerprint density at radius 3 is 2.50 bits per heavy atom. The Labute approximate surface area is 143 Å². The van der Waals surface area contributed by atoms with Gasteiger partial charge in [0.1, 0.15) is 5.75 Å². The van der Waals surface area contributed by atoms with E-state index in [0.29, 0.717) is 26.2 Å². The first-order valence-electron chi connectivity index (χ1n) is 8.25. The Morgan fingerprint density at radius 2 is 1.79 bits per heavy atom. The molecule has 128 valence electrons. The van der Waals surface area contributed by atoms with Crippen LogP contribution in [0.5, 0.6) is 5.75 Å². The highest BCUT2D eigenvalue weighted by Crippen LogP contribution is 2.18. The quantitative estimate of drug-likeness (QED) is 0.788. The summed E-state index contributed by atoms with van der Waals surface area (Å²) in [4.78, 5) is 12.1. The third kappa shape index (κ3) is 5.70. The van der Waals surface area contributed by atoms with E-state index in [1.165, 1.54) is 0 Å². The van der Waals surface area contributed by atoms with Crippen LogP contribution in [0.25, 0.3) is 0 Å². The summed E-state index contributed by atoms with van der Waals surface area (Å²) in [6.07, 6.45) is 0.302. The van der Waals surface area contributed by atoms with Gasteiger partial charge in [-0.25, -0.2) is 0 Å². The van der Waals surface area contributed by atoms with Crippen LogP contribution >= 0.6 is 0 Å². The molecule has 0 saturated heterocycles. The Balaban J connectivity index is 1.85. The number of hydrogen-bond donors (Lipinski definition) is 1. The predicted molar refractivity (Wildman–Crippen MR) is 96.4 cm³/mol. The molecule has 24 heavy (non-hydrogen) atoms. The second-order valence-electron chi connectivity index (χ2n) is 5.76. The van der Waals surface area contributed by atoms with Gasteiger partial charge in [-0.15, -0.1) is 0 Å². The van der Waals surface area contributed by atoms with Crippen LogP contribution in [-0.2, 0) is 16.1 Å². The van der Waals surface area contributed by atoms with Gasteiger partial charge in [-0.2, -0.15) is 0 Å². The molecule has 0 atom stereocenters. The van der Waals surface area contributed by atoms with E-state index >= 15 is 0 Å². The summed E-state index contributed by atoms with van der Waals surface area (Å²) < 4.78 is 11.1. The fourth-order valence-electron chi connectivity index (χ4n) is 2.47. The van der Waals surface area contributed by atoms with E-state index in [-0.39, 0.29) is 5.91 Å². The molecule has 2 rings (SSSR count). The summed E-state index contributed by atoms with van der Waals surface area (Å²) in [5, 5.41) is 2.93. The zero-order valence-electron chi connectivity index (χ0n) is 14.6. The molecule has 0 saturated carbocycles. The molecule has 0 aliphatic carbocycles. The lowest BCUT2D eigenvalue weighted by Crippen LogP contribution is -2.16. The summed E-state index contributed by atoms with van der Waals surface area (Å²) in [5.74, 6) is 0.736. The highest BCUT2D eigenvalue weighted by molar-refractivity contribution is 5.91. The van der Waals surface area contributed by atoms with Crippen LogP contribution in [-0.4, -0.2) is 19.1 Å². The molecule has 4 heteroatoms. The summed E-state index contributed by atoms with van der Waals surface area (Å²) in [7, 11) is 0. The zero-order valence-corrected chi connectivity index (χ0v) is 14.6. The molecule has 0 radical (unpaired) electrons. The molecule has 0 aliphatic rings. The Morgan fingerprint density at radius 1 is 1.08 bits per heavy atom. The van der Waals surface area contributed by atoms with Crippen LogP contribution < -0.4 is 10.1 Å². The maximum Gasteiger partial charge on any atom is 0.227 e. The van der Waals surface area contributed by atoms with Crippen molar-refractivity contribution in [2.45, 2.75) is 33.8 Å². The molecule has 2 aromatic rings. The van der Waals surface area contributed by atoms with Gasteiger partial charge in [0, 0.05) is 17.9 Å². The van der Waals surface area contributed by atoms with Gasteiger partial charge in [0.25, 0.3) is 0 Å². The predicted octanol–water partition coefficient (Wildman–Crippen LogP) is 4.25. The van der Waals surface area contributed by atoms with Crippen molar-refractivity contribution in [2.75, 3.05) is 18.5 Å². The Bertz CT molecular complexity index is 662. The first kappa shape index (κ1) is 18.0. The van der Waals surface area contributed by atoms with Crippen molar-refractivity contribution in [1.29, 1.82) is 0 Å². The third-order valence-corrected chi connectivity index (χ3v) is 3.55. The van der Waals surface area contributed by atoms with Crippen LogP contribution in [0.2, 0.25) is 0 Å². The lowest BCUT2D eigenvalue weighted by atomic mass is 10.1. The van der Waals surface area contributed by atoms with E-state index in [2.05, 4.69) is 11.4 Å². The maximum absolute atomic E-state index is 12.1. The number of carbonyl (C=O) groups excluding carboxylic acids is 1. The lowest BCUT2D eigenvalue weighted by molar-refractivity contribution is -0.116. The van der Waals surface area contributed by atoms with Gasteiger partial charge < -0.3 is 14.8 Å².